The van der Waals surface area contributed by atoms with E-state index < -0.39 is 0 Å². The lowest BCUT2D eigenvalue weighted by Crippen LogP contribution is -2.12. The van der Waals surface area contributed by atoms with Crippen LogP contribution in [0.5, 0.6) is 5.75 Å². The second-order valence-corrected chi connectivity index (χ2v) is 4.88. The van der Waals surface area contributed by atoms with E-state index in [0.29, 0.717) is 0 Å². The second kappa shape index (κ2) is 4.56. The fourth-order valence-electron chi connectivity index (χ4n) is 1.46. The molecule has 0 fully saturated rings. The van der Waals surface area contributed by atoms with Gasteiger partial charge < -0.3 is 9.84 Å². The van der Waals surface area contributed by atoms with Crippen LogP contribution in [0.3, 0.4) is 0 Å². The van der Waals surface area contributed by atoms with Gasteiger partial charge in [0.2, 0.25) is 0 Å². The molecule has 0 spiro atoms. The normalized spacial score (nSPS) is 11.2. The van der Waals surface area contributed by atoms with Gasteiger partial charge in [-0.2, -0.15) is 0 Å². The molecule has 0 aliphatic carbocycles. The van der Waals surface area contributed by atoms with Crippen LogP contribution in [0.15, 0.2) is 18.2 Å². The van der Waals surface area contributed by atoms with Gasteiger partial charge >= 0.3 is 5.97 Å². The van der Waals surface area contributed by atoms with E-state index in [-0.39, 0.29) is 23.7 Å². The van der Waals surface area contributed by atoms with E-state index in [0.717, 1.165) is 11.1 Å². The lowest BCUT2D eigenvalue weighted by molar-refractivity contribution is -0.142. The highest BCUT2D eigenvalue weighted by atomic mass is 16.5. The topological polar surface area (TPSA) is 46.5 Å². The molecule has 1 rings (SSSR count). The predicted molar refractivity (Wildman–Crippen MR) is 62.3 cm³/mol. The molecule has 88 valence electrons. The average Bonchev–Trinajstić information content (AvgIpc) is 2.14. The SMILES string of the molecule is CC(=O)OCc1ccc(O)c(C(C)(C)C)c1. The fraction of sp³-hybridized carbons (Fsp3) is 0.462. The Morgan fingerprint density at radius 1 is 1.38 bits per heavy atom. The van der Waals surface area contributed by atoms with Crippen LogP contribution in [0.1, 0.15) is 38.8 Å². The van der Waals surface area contributed by atoms with Crippen molar-refractivity contribution in [1.29, 1.82) is 0 Å². The van der Waals surface area contributed by atoms with Gasteiger partial charge in [-0.1, -0.05) is 26.8 Å². The number of rotatable bonds is 2. The molecule has 0 aromatic heterocycles. The van der Waals surface area contributed by atoms with E-state index in [4.69, 9.17) is 4.74 Å². The van der Waals surface area contributed by atoms with Crippen molar-refractivity contribution in [3.05, 3.63) is 29.3 Å². The van der Waals surface area contributed by atoms with Crippen LogP contribution in [-0.4, -0.2) is 11.1 Å². The largest absolute Gasteiger partial charge is 0.508 e. The maximum absolute atomic E-state index is 10.7. The molecule has 0 aliphatic rings. The average molecular weight is 222 g/mol. The Hall–Kier alpha value is -1.51. The Kier molecular flexibility index (Phi) is 3.58. The zero-order valence-corrected chi connectivity index (χ0v) is 10.2. The Morgan fingerprint density at radius 3 is 2.50 bits per heavy atom. The lowest BCUT2D eigenvalue weighted by Gasteiger charge is -2.21. The lowest BCUT2D eigenvalue weighted by atomic mass is 9.85. The first-order valence-corrected chi connectivity index (χ1v) is 5.26. The first kappa shape index (κ1) is 12.6. The quantitative estimate of drug-likeness (QED) is 0.783. The molecular weight excluding hydrogens is 204 g/mol. The van der Waals surface area contributed by atoms with Crippen LogP contribution in [0.25, 0.3) is 0 Å². The number of benzene rings is 1. The molecule has 1 aromatic carbocycles. The molecule has 0 saturated carbocycles. The summed E-state index contributed by atoms with van der Waals surface area (Å²) in [4.78, 5) is 10.7. The number of ether oxygens (including phenoxy) is 1. The molecular formula is C13H18O3. The van der Waals surface area contributed by atoms with Crippen LogP contribution >= 0.6 is 0 Å². The first-order chi connectivity index (χ1) is 7.30. The summed E-state index contributed by atoms with van der Waals surface area (Å²) in [5.74, 6) is -0.0236. The summed E-state index contributed by atoms with van der Waals surface area (Å²) in [6.07, 6.45) is 0. The maximum Gasteiger partial charge on any atom is 0.302 e. The third kappa shape index (κ3) is 3.26. The summed E-state index contributed by atoms with van der Waals surface area (Å²) in [7, 11) is 0. The van der Waals surface area contributed by atoms with Crippen molar-refractivity contribution in [2.45, 2.75) is 39.7 Å². The summed E-state index contributed by atoms with van der Waals surface area (Å²) in [5.41, 5.74) is 1.62. The Morgan fingerprint density at radius 2 is 2.00 bits per heavy atom. The van der Waals surface area contributed by atoms with Gasteiger partial charge in [0.15, 0.2) is 0 Å². The number of carbonyl (C=O) groups is 1. The van der Waals surface area contributed by atoms with Gasteiger partial charge in [-0.25, -0.2) is 0 Å². The maximum atomic E-state index is 10.7. The standard InChI is InChI=1S/C13H18O3/c1-9(14)16-8-10-5-6-12(15)11(7-10)13(2,3)4/h5-7,15H,8H2,1-4H3. The van der Waals surface area contributed by atoms with Crippen LogP contribution in [-0.2, 0) is 21.6 Å². The number of phenolic OH excluding ortho intramolecular Hbond substituents is 1. The number of carbonyl (C=O) groups excluding carboxylic acids is 1. The van der Waals surface area contributed by atoms with Gasteiger partial charge in [-0.3, -0.25) is 4.79 Å². The van der Waals surface area contributed by atoms with Gasteiger partial charge in [0.1, 0.15) is 12.4 Å². The highest BCUT2D eigenvalue weighted by molar-refractivity contribution is 5.65. The van der Waals surface area contributed by atoms with Crippen molar-refractivity contribution in [3.8, 4) is 5.75 Å². The number of aromatic hydroxyl groups is 1. The minimum Gasteiger partial charge on any atom is -0.508 e. The third-order valence-electron chi connectivity index (χ3n) is 2.31. The Labute approximate surface area is 96.1 Å². The molecule has 0 aliphatic heterocycles. The van der Waals surface area contributed by atoms with E-state index in [9.17, 15) is 9.90 Å². The van der Waals surface area contributed by atoms with E-state index in [1.54, 1.807) is 12.1 Å². The van der Waals surface area contributed by atoms with Crippen molar-refractivity contribution in [2.75, 3.05) is 0 Å². The number of hydrogen-bond donors (Lipinski definition) is 1. The van der Waals surface area contributed by atoms with Crippen molar-refractivity contribution in [3.63, 3.8) is 0 Å². The summed E-state index contributed by atoms with van der Waals surface area (Å²) in [6, 6.07) is 5.27. The monoisotopic (exact) mass is 222 g/mol. The molecule has 0 unspecified atom stereocenters. The van der Waals surface area contributed by atoms with Crippen LogP contribution in [0.2, 0.25) is 0 Å². The van der Waals surface area contributed by atoms with E-state index >= 15 is 0 Å². The Bertz CT molecular complexity index is 389. The third-order valence-corrected chi connectivity index (χ3v) is 2.31. The van der Waals surface area contributed by atoms with Gasteiger partial charge in [-0.05, 0) is 28.7 Å². The number of phenols is 1. The molecule has 0 bridgehead atoms. The van der Waals surface area contributed by atoms with Crippen LogP contribution in [0, 0.1) is 0 Å². The number of esters is 1. The smallest absolute Gasteiger partial charge is 0.302 e. The van der Waals surface area contributed by atoms with Gasteiger partial charge in [0.05, 0.1) is 0 Å². The van der Waals surface area contributed by atoms with E-state index in [2.05, 4.69) is 0 Å². The summed E-state index contributed by atoms with van der Waals surface area (Å²) in [6.45, 7) is 7.71. The minimum atomic E-state index is -0.301. The molecule has 0 atom stereocenters. The van der Waals surface area contributed by atoms with E-state index in [1.165, 1.54) is 6.92 Å². The molecule has 0 heterocycles. The van der Waals surface area contributed by atoms with E-state index in [1.807, 2.05) is 26.8 Å². The Balaban J connectivity index is 2.94. The predicted octanol–water partition coefficient (Wildman–Crippen LogP) is 2.75. The summed E-state index contributed by atoms with van der Waals surface area (Å²) >= 11 is 0. The zero-order valence-electron chi connectivity index (χ0n) is 10.2. The van der Waals surface area contributed by atoms with Gasteiger partial charge in [0.25, 0.3) is 0 Å². The molecule has 3 nitrogen and oxygen atoms in total. The van der Waals surface area contributed by atoms with Crippen molar-refractivity contribution >= 4 is 5.97 Å². The molecule has 16 heavy (non-hydrogen) atoms. The number of hydrogen-bond acceptors (Lipinski definition) is 3. The molecule has 0 saturated heterocycles. The molecule has 1 N–H and O–H groups in total. The van der Waals surface area contributed by atoms with Crippen molar-refractivity contribution in [2.24, 2.45) is 0 Å². The van der Waals surface area contributed by atoms with Gasteiger partial charge in [0, 0.05) is 6.92 Å². The molecule has 1 aromatic rings. The minimum absolute atomic E-state index is 0.129. The first-order valence-electron chi connectivity index (χ1n) is 5.26. The zero-order chi connectivity index (χ0) is 12.3. The van der Waals surface area contributed by atoms with Crippen LogP contribution in [0.4, 0.5) is 0 Å². The highest BCUT2D eigenvalue weighted by Crippen LogP contribution is 2.31. The van der Waals surface area contributed by atoms with Crippen LogP contribution < -0.4 is 0 Å². The summed E-state index contributed by atoms with van der Waals surface area (Å²) < 4.78 is 4.91. The van der Waals surface area contributed by atoms with Gasteiger partial charge in [-0.15, -0.1) is 0 Å². The fourth-order valence-corrected chi connectivity index (χ4v) is 1.46. The second-order valence-electron chi connectivity index (χ2n) is 4.88. The summed E-state index contributed by atoms with van der Waals surface area (Å²) in [5, 5.41) is 9.74. The molecule has 0 radical (unpaired) electrons. The molecule has 0 amide bonds. The van der Waals surface area contributed by atoms with Crippen molar-refractivity contribution in [1.82, 2.24) is 0 Å². The van der Waals surface area contributed by atoms with Crippen molar-refractivity contribution < 1.29 is 14.6 Å². The highest BCUT2D eigenvalue weighted by Gasteiger charge is 2.18. The molecule has 3 heteroatoms.